The normalized spacial score (nSPS) is 11.4. The largest absolute Gasteiger partial charge is 0.309 e. The summed E-state index contributed by atoms with van der Waals surface area (Å²) < 4.78 is 3.69. The number of aromatic amines is 1. The summed E-state index contributed by atoms with van der Waals surface area (Å²) in [4.78, 5) is 19.0. The highest BCUT2D eigenvalue weighted by Gasteiger charge is 2.08. The lowest BCUT2D eigenvalue weighted by molar-refractivity contribution is 0.621. The van der Waals surface area contributed by atoms with Crippen LogP contribution in [0.5, 0.6) is 0 Å². The molecule has 0 radical (unpaired) electrons. The molecular weight excluding hydrogens is 200 g/mol. The van der Waals surface area contributed by atoms with Crippen molar-refractivity contribution in [3.63, 3.8) is 0 Å². The lowest BCUT2D eigenvalue weighted by atomic mass is 10.1. The molecule has 0 fully saturated rings. The molecule has 0 bridgehead atoms. The number of nitrogens with zero attached hydrogens (tertiary/aromatic N) is 3. The first-order valence-corrected chi connectivity index (χ1v) is 5.15. The maximum Gasteiger partial charge on any atom is 0.280 e. The third-order valence-electron chi connectivity index (χ3n) is 1.78. The van der Waals surface area contributed by atoms with Crippen molar-refractivity contribution in [2.45, 2.75) is 20.3 Å². The van der Waals surface area contributed by atoms with Crippen molar-refractivity contribution in [1.29, 1.82) is 0 Å². The van der Waals surface area contributed by atoms with Gasteiger partial charge in [-0.1, -0.05) is 18.3 Å². The highest BCUT2D eigenvalue weighted by Crippen LogP contribution is 2.09. The molecule has 0 atom stereocenters. The summed E-state index contributed by atoms with van der Waals surface area (Å²) >= 11 is 1.15. The Morgan fingerprint density at radius 2 is 2.29 bits per heavy atom. The molecule has 0 aliphatic rings. The van der Waals surface area contributed by atoms with Crippen molar-refractivity contribution < 1.29 is 0 Å². The maximum absolute atomic E-state index is 11.5. The smallest absolute Gasteiger partial charge is 0.280 e. The van der Waals surface area contributed by atoms with E-state index < -0.39 is 0 Å². The van der Waals surface area contributed by atoms with Crippen molar-refractivity contribution in [2.24, 2.45) is 5.92 Å². The van der Waals surface area contributed by atoms with Gasteiger partial charge in [0, 0.05) is 18.0 Å². The molecule has 0 unspecified atom stereocenters. The Hall–Kier alpha value is -1.30. The van der Waals surface area contributed by atoms with Gasteiger partial charge in [-0.15, -0.1) is 5.10 Å². The van der Waals surface area contributed by atoms with Crippen LogP contribution >= 0.6 is 11.5 Å². The third kappa shape index (κ3) is 1.65. The van der Waals surface area contributed by atoms with E-state index in [0.717, 1.165) is 18.0 Å². The fraction of sp³-hybridized carbons (Fsp3) is 0.500. The van der Waals surface area contributed by atoms with Crippen molar-refractivity contribution in [3.05, 3.63) is 16.2 Å². The predicted octanol–water partition coefficient (Wildman–Crippen LogP) is 0.973. The Balaban J connectivity index is 2.53. The Kier molecular flexibility index (Phi) is 2.28. The monoisotopic (exact) mass is 210 g/mol. The van der Waals surface area contributed by atoms with E-state index in [1.807, 2.05) is 0 Å². The molecule has 0 saturated heterocycles. The Morgan fingerprint density at radius 1 is 1.50 bits per heavy atom. The molecule has 2 aromatic rings. The van der Waals surface area contributed by atoms with Crippen LogP contribution in [-0.4, -0.2) is 19.6 Å². The number of fused-ring (bicyclic) bond motifs is 1. The first-order valence-electron chi connectivity index (χ1n) is 4.38. The second-order valence-electron chi connectivity index (χ2n) is 3.54. The first-order chi connectivity index (χ1) is 6.66. The Morgan fingerprint density at radius 3 is 3.00 bits per heavy atom. The van der Waals surface area contributed by atoms with E-state index in [0.29, 0.717) is 22.1 Å². The van der Waals surface area contributed by atoms with Gasteiger partial charge < -0.3 is 4.98 Å². The molecule has 6 heteroatoms. The zero-order valence-corrected chi connectivity index (χ0v) is 8.76. The van der Waals surface area contributed by atoms with Crippen LogP contribution in [0.4, 0.5) is 0 Å². The predicted molar refractivity (Wildman–Crippen MR) is 54.4 cm³/mol. The molecule has 2 heterocycles. The summed E-state index contributed by atoms with van der Waals surface area (Å²) in [5.74, 6) is 1.18. The van der Waals surface area contributed by atoms with Crippen molar-refractivity contribution in [3.8, 4) is 0 Å². The van der Waals surface area contributed by atoms with Crippen LogP contribution in [0.25, 0.3) is 10.3 Å². The number of hydrogen-bond donors (Lipinski definition) is 1. The van der Waals surface area contributed by atoms with Crippen molar-refractivity contribution in [2.75, 3.05) is 0 Å². The lowest BCUT2D eigenvalue weighted by Crippen LogP contribution is -2.13. The van der Waals surface area contributed by atoms with Gasteiger partial charge in [0.25, 0.3) is 5.56 Å². The maximum atomic E-state index is 11.5. The van der Waals surface area contributed by atoms with Gasteiger partial charge >= 0.3 is 0 Å². The van der Waals surface area contributed by atoms with Gasteiger partial charge in [0.05, 0.1) is 0 Å². The van der Waals surface area contributed by atoms with Crippen LogP contribution < -0.4 is 5.56 Å². The number of hydrogen-bond acceptors (Lipinski definition) is 5. The van der Waals surface area contributed by atoms with Gasteiger partial charge in [-0.2, -0.15) is 0 Å². The van der Waals surface area contributed by atoms with Crippen LogP contribution in [0, 0.1) is 5.92 Å². The molecule has 5 nitrogen and oxygen atoms in total. The van der Waals surface area contributed by atoms with Crippen LogP contribution in [0.3, 0.4) is 0 Å². The van der Waals surface area contributed by atoms with E-state index in [-0.39, 0.29) is 5.56 Å². The van der Waals surface area contributed by atoms with E-state index >= 15 is 0 Å². The van der Waals surface area contributed by atoms with E-state index in [2.05, 4.69) is 33.4 Å². The summed E-state index contributed by atoms with van der Waals surface area (Å²) in [6.07, 6.45) is 0.767. The molecule has 0 aromatic carbocycles. The fourth-order valence-electron chi connectivity index (χ4n) is 1.23. The lowest BCUT2D eigenvalue weighted by Gasteiger charge is -2.02. The molecule has 0 aliphatic carbocycles. The number of rotatable bonds is 2. The van der Waals surface area contributed by atoms with E-state index in [1.54, 1.807) is 0 Å². The zero-order chi connectivity index (χ0) is 10.1. The van der Waals surface area contributed by atoms with Crippen LogP contribution in [-0.2, 0) is 6.42 Å². The second-order valence-corrected chi connectivity index (χ2v) is 4.27. The average Bonchev–Trinajstić information content (AvgIpc) is 2.50. The molecule has 2 aromatic heterocycles. The third-order valence-corrected chi connectivity index (χ3v) is 2.40. The fourth-order valence-corrected chi connectivity index (χ4v) is 1.80. The van der Waals surface area contributed by atoms with E-state index in [9.17, 15) is 4.79 Å². The van der Waals surface area contributed by atoms with Crippen LogP contribution in [0.15, 0.2) is 4.79 Å². The van der Waals surface area contributed by atoms with Gasteiger partial charge in [0.1, 0.15) is 5.82 Å². The summed E-state index contributed by atoms with van der Waals surface area (Å²) in [7, 11) is 0. The highest BCUT2D eigenvalue weighted by molar-refractivity contribution is 7.12. The Labute approximate surface area is 84.4 Å². The zero-order valence-electron chi connectivity index (χ0n) is 7.94. The van der Waals surface area contributed by atoms with Crippen LogP contribution in [0.1, 0.15) is 19.7 Å². The molecule has 14 heavy (non-hydrogen) atoms. The number of aromatic nitrogens is 4. The van der Waals surface area contributed by atoms with Gasteiger partial charge in [-0.05, 0) is 5.92 Å². The summed E-state index contributed by atoms with van der Waals surface area (Å²) in [6.45, 7) is 4.16. The van der Waals surface area contributed by atoms with Gasteiger partial charge in [-0.3, -0.25) is 4.79 Å². The quantitative estimate of drug-likeness (QED) is 0.801. The van der Waals surface area contributed by atoms with E-state index in [4.69, 9.17) is 0 Å². The molecule has 0 aliphatic heterocycles. The van der Waals surface area contributed by atoms with E-state index in [1.165, 1.54) is 0 Å². The molecule has 0 saturated carbocycles. The van der Waals surface area contributed by atoms with Gasteiger partial charge in [0.15, 0.2) is 10.3 Å². The Bertz CT molecular complexity index is 501. The van der Waals surface area contributed by atoms with Crippen molar-refractivity contribution >= 4 is 21.9 Å². The molecule has 1 N–H and O–H groups in total. The summed E-state index contributed by atoms with van der Waals surface area (Å²) in [5.41, 5.74) is 0.141. The first kappa shape index (κ1) is 9.26. The molecule has 74 valence electrons. The topological polar surface area (TPSA) is 71.5 Å². The molecule has 0 spiro atoms. The molecular formula is C8H10N4OS. The average molecular weight is 210 g/mol. The van der Waals surface area contributed by atoms with Gasteiger partial charge in [0.2, 0.25) is 0 Å². The molecule has 0 amide bonds. The number of H-pyrrole nitrogens is 1. The highest BCUT2D eigenvalue weighted by atomic mass is 32.1. The van der Waals surface area contributed by atoms with Crippen LogP contribution in [0.2, 0.25) is 0 Å². The standard InChI is InChI=1S/C8H10N4OS/c1-4(2)3-5-9-7(13)6-8(10-5)14-12-11-6/h4H,3H2,1-2H3,(H,9,10,13). The second kappa shape index (κ2) is 3.45. The summed E-state index contributed by atoms with van der Waals surface area (Å²) in [5, 5.41) is 3.70. The van der Waals surface area contributed by atoms with Gasteiger partial charge in [-0.25, -0.2) is 4.98 Å². The molecule has 2 rings (SSSR count). The minimum atomic E-state index is -0.195. The minimum absolute atomic E-state index is 0.195. The SMILES string of the molecule is CC(C)Cc1nc2snnc2c(=O)[nH]1. The minimum Gasteiger partial charge on any atom is -0.309 e. The summed E-state index contributed by atoms with van der Waals surface area (Å²) in [6, 6.07) is 0. The van der Waals surface area contributed by atoms with Crippen molar-refractivity contribution in [1.82, 2.24) is 19.6 Å². The number of nitrogens with one attached hydrogen (secondary N) is 1.